The SMILES string of the molecule is CN1CCOC[C@@H](O)[C@@H](O)C1. The molecule has 2 N–H and O–H groups in total. The molecule has 2 atom stereocenters. The summed E-state index contributed by atoms with van der Waals surface area (Å²) >= 11 is 0. The maximum Gasteiger partial charge on any atom is 0.104 e. The van der Waals surface area contributed by atoms with Crippen LogP contribution < -0.4 is 0 Å². The lowest BCUT2D eigenvalue weighted by molar-refractivity contribution is -0.0667. The van der Waals surface area contributed by atoms with E-state index in [0.29, 0.717) is 13.2 Å². The molecule has 0 radical (unpaired) electrons. The Hall–Kier alpha value is -0.160. The standard InChI is InChI=1S/C7H15NO3/c1-8-2-3-11-5-7(10)6(9)4-8/h6-7,9-10H,2-5H2,1H3/t6-,7+/m0/s1. The van der Waals surface area contributed by atoms with Crippen molar-refractivity contribution in [3.63, 3.8) is 0 Å². The van der Waals surface area contributed by atoms with Gasteiger partial charge in [-0.05, 0) is 7.05 Å². The molecule has 0 aromatic rings. The minimum absolute atomic E-state index is 0.245. The van der Waals surface area contributed by atoms with Gasteiger partial charge in [0.15, 0.2) is 0 Å². The van der Waals surface area contributed by atoms with E-state index >= 15 is 0 Å². The molecule has 1 rings (SSSR count). The highest BCUT2D eigenvalue weighted by Crippen LogP contribution is 2.00. The third-order valence-electron chi connectivity index (χ3n) is 1.85. The van der Waals surface area contributed by atoms with Crippen molar-refractivity contribution in [2.75, 3.05) is 33.4 Å². The number of aliphatic hydroxyl groups is 2. The van der Waals surface area contributed by atoms with Crippen molar-refractivity contribution in [1.29, 1.82) is 0 Å². The maximum atomic E-state index is 9.28. The first-order valence-corrected chi connectivity index (χ1v) is 3.82. The summed E-state index contributed by atoms with van der Waals surface area (Å²) in [5.41, 5.74) is 0. The molecule has 1 aliphatic rings. The van der Waals surface area contributed by atoms with Gasteiger partial charge in [-0.15, -0.1) is 0 Å². The summed E-state index contributed by atoms with van der Waals surface area (Å²) in [6.45, 7) is 2.20. The van der Waals surface area contributed by atoms with E-state index in [-0.39, 0.29) is 6.61 Å². The molecule has 0 spiro atoms. The fourth-order valence-corrected chi connectivity index (χ4v) is 1.07. The number of rotatable bonds is 0. The Labute approximate surface area is 66.4 Å². The molecule has 1 saturated heterocycles. The molecule has 0 aromatic carbocycles. The Bertz CT molecular complexity index is 120. The van der Waals surface area contributed by atoms with Crippen LogP contribution in [-0.4, -0.2) is 60.7 Å². The Kier molecular flexibility index (Phi) is 3.26. The van der Waals surface area contributed by atoms with Gasteiger partial charge in [0.25, 0.3) is 0 Å². The molecular formula is C7H15NO3. The predicted molar refractivity (Wildman–Crippen MR) is 40.3 cm³/mol. The highest BCUT2D eigenvalue weighted by Gasteiger charge is 2.20. The van der Waals surface area contributed by atoms with Crippen LogP contribution in [0.3, 0.4) is 0 Å². The van der Waals surface area contributed by atoms with Gasteiger partial charge in [-0.1, -0.05) is 0 Å². The van der Waals surface area contributed by atoms with E-state index in [4.69, 9.17) is 4.74 Å². The van der Waals surface area contributed by atoms with Crippen LogP contribution >= 0.6 is 0 Å². The minimum Gasteiger partial charge on any atom is -0.389 e. The van der Waals surface area contributed by atoms with Crippen LogP contribution in [0.4, 0.5) is 0 Å². The molecule has 1 fully saturated rings. The van der Waals surface area contributed by atoms with Crippen LogP contribution in [0.2, 0.25) is 0 Å². The average Bonchev–Trinajstić information content (AvgIpc) is 1.95. The summed E-state index contributed by atoms with van der Waals surface area (Å²) in [4.78, 5) is 1.94. The van der Waals surface area contributed by atoms with Gasteiger partial charge in [-0.25, -0.2) is 0 Å². The third kappa shape index (κ3) is 2.75. The topological polar surface area (TPSA) is 52.9 Å². The van der Waals surface area contributed by atoms with E-state index in [2.05, 4.69) is 0 Å². The zero-order valence-electron chi connectivity index (χ0n) is 6.73. The molecule has 4 nitrogen and oxygen atoms in total. The van der Waals surface area contributed by atoms with Crippen LogP contribution in [-0.2, 0) is 4.74 Å². The molecule has 1 heterocycles. The van der Waals surface area contributed by atoms with Crippen molar-refractivity contribution >= 4 is 0 Å². The second-order valence-electron chi connectivity index (χ2n) is 2.97. The van der Waals surface area contributed by atoms with Gasteiger partial charge in [0.05, 0.1) is 19.3 Å². The van der Waals surface area contributed by atoms with Gasteiger partial charge in [-0.3, -0.25) is 0 Å². The zero-order valence-corrected chi connectivity index (χ0v) is 6.73. The fourth-order valence-electron chi connectivity index (χ4n) is 1.07. The third-order valence-corrected chi connectivity index (χ3v) is 1.85. The van der Waals surface area contributed by atoms with Crippen molar-refractivity contribution < 1.29 is 14.9 Å². The molecule has 0 aliphatic carbocycles. The number of hydrogen-bond acceptors (Lipinski definition) is 4. The number of nitrogens with zero attached hydrogens (tertiary/aromatic N) is 1. The smallest absolute Gasteiger partial charge is 0.104 e. The second kappa shape index (κ2) is 4.01. The van der Waals surface area contributed by atoms with Gasteiger partial charge in [0, 0.05) is 13.1 Å². The molecule has 0 aromatic heterocycles. The lowest BCUT2D eigenvalue weighted by Gasteiger charge is -2.27. The van der Waals surface area contributed by atoms with Crippen molar-refractivity contribution in [3.05, 3.63) is 0 Å². The fraction of sp³-hybridized carbons (Fsp3) is 1.00. The lowest BCUT2D eigenvalue weighted by Crippen LogP contribution is -2.43. The van der Waals surface area contributed by atoms with Crippen LogP contribution in [0.5, 0.6) is 0 Å². The van der Waals surface area contributed by atoms with E-state index in [9.17, 15) is 10.2 Å². The van der Waals surface area contributed by atoms with Gasteiger partial charge >= 0.3 is 0 Å². The largest absolute Gasteiger partial charge is 0.389 e. The highest BCUT2D eigenvalue weighted by molar-refractivity contribution is 4.72. The first kappa shape index (κ1) is 8.93. The summed E-state index contributed by atoms with van der Waals surface area (Å²) in [7, 11) is 1.89. The normalized spacial score (nSPS) is 36.3. The van der Waals surface area contributed by atoms with Crippen LogP contribution in [0.25, 0.3) is 0 Å². The summed E-state index contributed by atoms with van der Waals surface area (Å²) in [6, 6.07) is 0. The molecule has 0 saturated carbocycles. The molecule has 1 aliphatic heterocycles. The van der Waals surface area contributed by atoms with Crippen molar-refractivity contribution in [2.45, 2.75) is 12.2 Å². The van der Waals surface area contributed by atoms with E-state index in [1.165, 1.54) is 0 Å². The van der Waals surface area contributed by atoms with Crippen LogP contribution in [0.15, 0.2) is 0 Å². The highest BCUT2D eigenvalue weighted by atomic mass is 16.5. The number of hydrogen-bond donors (Lipinski definition) is 2. The predicted octanol–water partition coefficient (Wildman–Crippen LogP) is -1.33. The number of ether oxygens (including phenoxy) is 1. The van der Waals surface area contributed by atoms with Gasteiger partial charge in [0.2, 0.25) is 0 Å². The van der Waals surface area contributed by atoms with Gasteiger partial charge < -0.3 is 19.8 Å². The summed E-state index contributed by atoms with van der Waals surface area (Å²) < 4.78 is 5.08. The quantitative estimate of drug-likeness (QED) is 0.462. The van der Waals surface area contributed by atoms with E-state index < -0.39 is 12.2 Å². The van der Waals surface area contributed by atoms with Gasteiger partial charge in [0.1, 0.15) is 6.10 Å². The average molecular weight is 161 g/mol. The Morgan fingerprint density at radius 1 is 1.36 bits per heavy atom. The van der Waals surface area contributed by atoms with E-state index in [1.807, 2.05) is 11.9 Å². The van der Waals surface area contributed by atoms with Crippen LogP contribution in [0.1, 0.15) is 0 Å². The molecule has 0 amide bonds. The Morgan fingerprint density at radius 2 is 2.09 bits per heavy atom. The van der Waals surface area contributed by atoms with E-state index in [0.717, 1.165) is 6.54 Å². The first-order chi connectivity index (χ1) is 5.20. The van der Waals surface area contributed by atoms with Crippen molar-refractivity contribution in [2.24, 2.45) is 0 Å². The second-order valence-corrected chi connectivity index (χ2v) is 2.97. The summed E-state index contributed by atoms with van der Waals surface area (Å²) in [5.74, 6) is 0. The van der Waals surface area contributed by atoms with E-state index in [1.54, 1.807) is 0 Å². The molecule has 11 heavy (non-hydrogen) atoms. The zero-order chi connectivity index (χ0) is 8.27. The maximum absolute atomic E-state index is 9.28. The molecule has 66 valence electrons. The molecule has 0 unspecified atom stereocenters. The molecule has 0 bridgehead atoms. The van der Waals surface area contributed by atoms with Gasteiger partial charge in [-0.2, -0.15) is 0 Å². The number of aliphatic hydroxyl groups excluding tert-OH is 2. The first-order valence-electron chi connectivity index (χ1n) is 3.82. The summed E-state index contributed by atoms with van der Waals surface area (Å²) in [6.07, 6.45) is -1.42. The van der Waals surface area contributed by atoms with Crippen molar-refractivity contribution in [3.8, 4) is 0 Å². The Morgan fingerprint density at radius 3 is 2.82 bits per heavy atom. The number of β-amino-alcohol motifs (C(OH)–C–C–N with tert-alkyl or cyclic N) is 1. The molecular weight excluding hydrogens is 146 g/mol. The monoisotopic (exact) mass is 161 g/mol. The minimum atomic E-state index is -0.738. The molecule has 4 heteroatoms. The van der Waals surface area contributed by atoms with Crippen molar-refractivity contribution in [1.82, 2.24) is 4.90 Å². The van der Waals surface area contributed by atoms with Crippen LogP contribution in [0, 0.1) is 0 Å². The lowest BCUT2D eigenvalue weighted by atomic mass is 10.2. The summed E-state index contributed by atoms with van der Waals surface area (Å²) in [5, 5.41) is 18.5. The number of likely N-dealkylation sites (N-methyl/N-ethyl adjacent to an activating group) is 1. The Balaban J connectivity index is 2.38.